The van der Waals surface area contributed by atoms with Gasteiger partial charge in [0.1, 0.15) is 0 Å². The predicted octanol–water partition coefficient (Wildman–Crippen LogP) is 3.35. The molecule has 1 fully saturated rings. The molecule has 6 heteroatoms. The molecule has 0 saturated heterocycles. The van der Waals surface area contributed by atoms with E-state index in [1.807, 2.05) is 29.1 Å². The maximum Gasteiger partial charge on any atom is 0.227 e. The molecule has 1 saturated carbocycles. The van der Waals surface area contributed by atoms with Gasteiger partial charge >= 0.3 is 0 Å². The SMILES string of the molecule is CC(C)n1cc2cc(NC(=O)[C@@H]3CCC[C@@H]3CN)ccc2n1.Cl. The molecule has 2 aromatic rings. The van der Waals surface area contributed by atoms with Gasteiger partial charge < -0.3 is 11.1 Å². The Morgan fingerprint density at radius 1 is 1.43 bits per heavy atom. The highest BCUT2D eigenvalue weighted by atomic mass is 35.5. The fourth-order valence-corrected chi connectivity index (χ4v) is 3.29. The van der Waals surface area contributed by atoms with E-state index in [4.69, 9.17) is 5.73 Å². The minimum Gasteiger partial charge on any atom is -0.330 e. The molecule has 0 radical (unpaired) electrons. The number of nitrogens with two attached hydrogens (primary N) is 1. The van der Waals surface area contributed by atoms with Crippen LogP contribution in [0.5, 0.6) is 0 Å². The Hall–Kier alpha value is -1.59. The van der Waals surface area contributed by atoms with Crippen LogP contribution in [-0.4, -0.2) is 22.2 Å². The molecule has 5 nitrogen and oxygen atoms in total. The van der Waals surface area contributed by atoms with Gasteiger partial charge in [-0.15, -0.1) is 12.4 Å². The van der Waals surface area contributed by atoms with E-state index in [0.717, 1.165) is 35.9 Å². The second kappa shape index (κ2) is 7.32. The largest absolute Gasteiger partial charge is 0.330 e. The lowest BCUT2D eigenvalue weighted by molar-refractivity contribution is -0.120. The quantitative estimate of drug-likeness (QED) is 0.899. The second-order valence-electron chi connectivity index (χ2n) is 6.50. The number of benzene rings is 1. The average Bonchev–Trinajstić information content (AvgIpc) is 3.12. The summed E-state index contributed by atoms with van der Waals surface area (Å²) < 4.78 is 1.94. The molecule has 3 N–H and O–H groups in total. The molecule has 1 aliphatic rings. The topological polar surface area (TPSA) is 72.9 Å². The van der Waals surface area contributed by atoms with E-state index in [1.165, 1.54) is 0 Å². The van der Waals surface area contributed by atoms with Gasteiger partial charge in [-0.25, -0.2) is 0 Å². The van der Waals surface area contributed by atoms with Gasteiger partial charge in [-0.1, -0.05) is 6.42 Å². The summed E-state index contributed by atoms with van der Waals surface area (Å²) in [7, 11) is 0. The van der Waals surface area contributed by atoms with Crippen molar-refractivity contribution in [3.8, 4) is 0 Å². The number of rotatable bonds is 4. The Balaban J connectivity index is 0.00000192. The minimum atomic E-state index is 0. The first kappa shape index (κ1) is 17.8. The van der Waals surface area contributed by atoms with Crippen molar-refractivity contribution in [2.75, 3.05) is 11.9 Å². The number of hydrogen-bond acceptors (Lipinski definition) is 3. The number of aromatic nitrogens is 2. The molecule has 1 aromatic heterocycles. The van der Waals surface area contributed by atoms with Gasteiger partial charge in [-0.3, -0.25) is 9.48 Å². The van der Waals surface area contributed by atoms with Gasteiger partial charge in [0.15, 0.2) is 0 Å². The van der Waals surface area contributed by atoms with Crippen molar-refractivity contribution in [1.82, 2.24) is 9.78 Å². The first-order valence-corrected chi connectivity index (χ1v) is 8.08. The van der Waals surface area contributed by atoms with Gasteiger partial charge in [0.05, 0.1) is 5.52 Å². The molecule has 1 amide bonds. The number of carbonyl (C=O) groups is 1. The van der Waals surface area contributed by atoms with Crippen LogP contribution in [0.1, 0.15) is 39.2 Å². The van der Waals surface area contributed by atoms with Gasteiger partial charge in [0.25, 0.3) is 0 Å². The predicted molar refractivity (Wildman–Crippen MR) is 95.9 cm³/mol. The molecule has 2 atom stereocenters. The van der Waals surface area contributed by atoms with E-state index in [2.05, 4.69) is 24.3 Å². The zero-order chi connectivity index (χ0) is 15.7. The molecule has 0 bridgehead atoms. The number of nitrogens with one attached hydrogen (secondary N) is 1. The molecule has 0 aliphatic heterocycles. The summed E-state index contributed by atoms with van der Waals surface area (Å²) in [6, 6.07) is 6.20. The lowest BCUT2D eigenvalue weighted by atomic mass is 9.95. The molecule has 3 rings (SSSR count). The second-order valence-corrected chi connectivity index (χ2v) is 6.50. The summed E-state index contributed by atoms with van der Waals surface area (Å²) in [4.78, 5) is 12.4. The Bertz CT molecular complexity index is 682. The molecular weight excluding hydrogens is 312 g/mol. The number of fused-ring (bicyclic) bond motifs is 1. The van der Waals surface area contributed by atoms with E-state index >= 15 is 0 Å². The van der Waals surface area contributed by atoms with Crippen molar-refractivity contribution >= 4 is 34.9 Å². The van der Waals surface area contributed by atoms with Crippen LogP contribution in [0.25, 0.3) is 10.9 Å². The summed E-state index contributed by atoms with van der Waals surface area (Å²) in [6.45, 7) is 4.79. The smallest absolute Gasteiger partial charge is 0.227 e. The van der Waals surface area contributed by atoms with E-state index in [0.29, 0.717) is 18.5 Å². The number of nitrogens with zero attached hydrogens (tertiary/aromatic N) is 2. The number of carbonyl (C=O) groups excluding carboxylic acids is 1. The van der Waals surface area contributed by atoms with Crippen LogP contribution in [0.4, 0.5) is 5.69 Å². The normalized spacial score (nSPS) is 20.7. The maximum absolute atomic E-state index is 12.4. The van der Waals surface area contributed by atoms with Crippen molar-refractivity contribution in [2.45, 2.75) is 39.2 Å². The van der Waals surface area contributed by atoms with Crippen molar-refractivity contribution in [3.05, 3.63) is 24.4 Å². The third-order valence-electron chi connectivity index (χ3n) is 4.62. The Labute approximate surface area is 143 Å². The van der Waals surface area contributed by atoms with E-state index in [9.17, 15) is 4.79 Å². The molecular formula is C17H25ClN4O. The van der Waals surface area contributed by atoms with Gasteiger partial charge in [0.2, 0.25) is 5.91 Å². The lowest BCUT2D eigenvalue weighted by Crippen LogP contribution is -2.29. The fourth-order valence-electron chi connectivity index (χ4n) is 3.29. The summed E-state index contributed by atoms with van der Waals surface area (Å²) in [6.07, 6.45) is 5.13. The molecule has 0 spiro atoms. The molecule has 1 aromatic carbocycles. The Morgan fingerprint density at radius 2 is 2.22 bits per heavy atom. The first-order valence-electron chi connectivity index (χ1n) is 8.08. The van der Waals surface area contributed by atoms with Crippen LogP contribution < -0.4 is 11.1 Å². The Morgan fingerprint density at radius 3 is 2.91 bits per heavy atom. The van der Waals surface area contributed by atoms with Crippen LogP contribution in [-0.2, 0) is 4.79 Å². The van der Waals surface area contributed by atoms with Crippen LogP contribution in [0.3, 0.4) is 0 Å². The highest BCUT2D eigenvalue weighted by molar-refractivity contribution is 5.95. The standard InChI is InChI=1S/C17H24N4O.ClH/c1-11(2)21-10-13-8-14(6-7-16(13)20-21)19-17(22)15-5-3-4-12(15)9-18;/h6-8,10-12,15H,3-5,9,18H2,1-2H3,(H,19,22);1H/t12-,15-;/m1./s1. The maximum atomic E-state index is 12.4. The van der Waals surface area contributed by atoms with Crippen LogP contribution in [0, 0.1) is 11.8 Å². The highest BCUT2D eigenvalue weighted by Gasteiger charge is 2.31. The summed E-state index contributed by atoms with van der Waals surface area (Å²) in [5.74, 6) is 0.482. The fraction of sp³-hybridized carbons (Fsp3) is 0.529. The van der Waals surface area contributed by atoms with Crippen LogP contribution in [0.2, 0.25) is 0 Å². The highest BCUT2D eigenvalue weighted by Crippen LogP contribution is 2.32. The van der Waals surface area contributed by atoms with Crippen molar-refractivity contribution in [1.29, 1.82) is 0 Å². The zero-order valence-electron chi connectivity index (χ0n) is 13.7. The summed E-state index contributed by atoms with van der Waals surface area (Å²) >= 11 is 0. The monoisotopic (exact) mass is 336 g/mol. The minimum absolute atomic E-state index is 0. The average molecular weight is 337 g/mol. The molecule has 1 aliphatic carbocycles. The van der Waals surface area contributed by atoms with Crippen LogP contribution >= 0.6 is 12.4 Å². The Kier molecular flexibility index (Phi) is 5.65. The van der Waals surface area contributed by atoms with Crippen LogP contribution in [0.15, 0.2) is 24.4 Å². The molecule has 126 valence electrons. The summed E-state index contributed by atoms with van der Waals surface area (Å²) in [5.41, 5.74) is 7.56. The molecule has 23 heavy (non-hydrogen) atoms. The van der Waals surface area contributed by atoms with E-state index in [-0.39, 0.29) is 24.2 Å². The third-order valence-corrected chi connectivity index (χ3v) is 4.62. The number of anilines is 1. The van der Waals surface area contributed by atoms with E-state index < -0.39 is 0 Å². The van der Waals surface area contributed by atoms with E-state index in [1.54, 1.807) is 0 Å². The lowest BCUT2D eigenvalue weighted by Gasteiger charge is -2.17. The molecule has 0 unspecified atom stereocenters. The third kappa shape index (κ3) is 3.67. The van der Waals surface area contributed by atoms with Crippen molar-refractivity contribution < 1.29 is 4.79 Å². The van der Waals surface area contributed by atoms with Crippen molar-refractivity contribution in [3.63, 3.8) is 0 Å². The zero-order valence-corrected chi connectivity index (χ0v) is 14.5. The van der Waals surface area contributed by atoms with Gasteiger partial charge in [-0.05, 0) is 57.4 Å². The summed E-state index contributed by atoms with van der Waals surface area (Å²) in [5, 5.41) is 8.62. The first-order chi connectivity index (χ1) is 10.6. The van der Waals surface area contributed by atoms with Gasteiger partial charge in [0, 0.05) is 29.2 Å². The molecule has 1 heterocycles. The number of amides is 1. The number of halogens is 1. The van der Waals surface area contributed by atoms with Crippen molar-refractivity contribution in [2.24, 2.45) is 17.6 Å². The number of hydrogen-bond donors (Lipinski definition) is 2. The van der Waals surface area contributed by atoms with Gasteiger partial charge in [-0.2, -0.15) is 5.10 Å².